The topological polar surface area (TPSA) is 34.1 Å². The number of rotatable bonds is 5. The Morgan fingerprint density at radius 1 is 1.14 bits per heavy atom. The highest BCUT2D eigenvalue weighted by atomic mass is 32.1. The molecule has 2 aromatic carbocycles. The molecule has 1 aromatic heterocycles. The zero-order chi connectivity index (χ0) is 18.9. The molecule has 2 aliphatic rings. The highest BCUT2D eigenvalue weighted by molar-refractivity contribution is 7.10. The summed E-state index contributed by atoms with van der Waals surface area (Å²) in [4.78, 5) is 1.16. The Kier molecular flexibility index (Phi) is 4.37. The van der Waals surface area contributed by atoms with Crippen molar-refractivity contribution in [2.45, 2.75) is 18.7 Å². The van der Waals surface area contributed by atoms with Gasteiger partial charge in [0.05, 0.1) is 16.6 Å². The van der Waals surface area contributed by atoms with Crippen molar-refractivity contribution in [1.29, 1.82) is 0 Å². The number of nitrogens with zero attached hydrogens (tertiary/aromatic N) is 2. The van der Waals surface area contributed by atoms with Crippen LogP contribution in [-0.4, -0.2) is 17.3 Å². The molecule has 28 heavy (non-hydrogen) atoms. The quantitative estimate of drug-likeness (QED) is 0.537. The Bertz CT molecular complexity index is 1010. The van der Waals surface area contributed by atoms with E-state index in [0.29, 0.717) is 6.61 Å². The van der Waals surface area contributed by atoms with Gasteiger partial charge in [0.15, 0.2) is 0 Å². The SMILES string of the molecule is C=CCOc1ccc(C2=NN3[C@@H](c4cccs4)Oc4ccccc4[C@@H]3C2)cc1. The second kappa shape index (κ2) is 7.17. The van der Waals surface area contributed by atoms with E-state index in [1.54, 1.807) is 17.4 Å². The van der Waals surface area contributed by atoms with Gasteiger partial charge in [0.25, 0.3) is 0 Å². The molecule has 0 amide bonds. The van der Waals surface area contributed by atoms with Crippen LogP contribution < -0.4 is 9.47 Å². The molecule has 2 atom stereocenters. The second-order valence-electron chi connectivity index (χ2n) is 6.79. The van der Waals surface area contributed by atoms with Gasteiger partial charge in [-0.3, -0.25) is 0 Å². The molecule has 2 aliphatic heterocycles. The Morgan fingerprint density at radius 3 is 2.79 bits per heavy atom. The van der Waals surface area contributed by atoms with Gasteiger partial charge in [-0.1, -0.05) is 36.9 Å². The van der Waals surface area contributed by atoms with Crippen molar-refractivity contribution >= 4 is 17.0 Å². The fourth-order valence-electron chi connectivity index (χ4n) is 3.73. The van der Waals surface area contributed by atoms with E-state index in [0.717, 1.165) is 34.1 Å². The molecular formula is C23H20N2O2S. The monoisotopic (exact) mass is 388 g/mol. The van der Waals surface area contributed by atoms with Gasteiger partial charge in [-0.05, 0) is 47.3 Å². The normalized spacial score (nSPS) is 20.0. The summed E-state index contributed by atoms with van der Waals surface area (Å²) in [5.74, 6) is 1.79. The number of hydrogen-bond acceptors (Lipinski definition) is 5. The number of fused-ring (bicyclic) bond motifs is 3. The molecule has 140 valence electrons. The van der Waals surface area contributed by atoms with Crippen LogP contribution in [0.3, 0.4) is 0 Å². The number of hydrogen-bond donors (Lipinski definition) is 0. The fraction of sp³-hybridized carbons (Fsp3) is 0.174. The van der Waals surface area contributed by atoms with E-state index in [4.69, 9.17) is 14.6 Å². The van der Waals surface area contributed by atoms with Crippen molar-refractivity contribution in [1.82, 2.24) is 5.01 Å². The lowest BCUT2D eigenvalue weighted by Gasteiger charge is -2.37. The third kappa shape index (κ3) is 2.98. The fourth-order valence-corrected chi connectivity index (χ4v) is 4.47. The van der Waals surface area contributed by atoms with Crippen LogP contribution in [0.15, 0.2) is 83.8 Å². The first-order valence-electron chi connectivity index (χ1n) is 9.32. The first kappa shape index (κ1) is 17.1. The molecule has 0 unspecified atom stereocenters. The molecule has 0 spiro atoms. The summed E-state index contributed by atoms with van der Waals surface area (Å²) in [7, 11) is 0. The highest BCUT2D eigenvalue weighted by Crippen LogP contribution is 2.48. The summed E-state index contributed by atoms with van der Waals surface area (Å²) < 4.78 is 11.9. The Hall–Kier alpha value is -3.05. The van der Waals surface area contributed by atoms with E-state index < -0.39 is 0 Å². The largest absolute Gasteiger partial charge is 0.490 e. The summed E-state index contributed by atoms with van der Waals surface area (Å²) >= 11 is 1.70. The molecule has 0 N–H and O–H groups in total. The van der Waals surface area contributed by atoms with Gasteiger partial charge in [0, 0.05) is 12.0 Å². The van der Waals surface area contributed by atoms with Crippen molar-refractivity contribution in [3.63, 3.8) is 0 Å². The zero-order valence-electron chi connectivity index (χ0n) is 15.3. The number of para-hydroxylation sites is 1. The van der Waals surface area contributed by atoms with Crippen LogP contribution in [0, 0.1) is 0 Å². The number of thiophene rings is 1. The third-order valence-electron chi connectivity index (χ3n) is 5.04. The van der Waals surface area contributed by atoms with Gasteiger partial charge in [0.1, 0.15) is 18.1 Å². The van der Waals surface area contributed by atoms with Crippen molar-refractivity contribution in [2.24, 2.45) is 5.10 Å². The van der Waals surface area contributed by atoms with E-state index in [2.05, 4.69) is 59.4 Å². The first-order chi connectivity index (χ1) is 13.8. The van der Waals surface area contributed by atoms with Gasteiger partial charge in [-0.15, -0.1) is 11.3 Å². The minimum atomic E-state index is -0.187. The molecule has 5 rings (SSSR count). The molecule has 0 bridgehead atoms. The Balaban J connectivity index is 1.48. The lowest BCUT2D eigenvalue weighted by atomic mass is 9.96. The molecule has 0 radical (unpaired) electrons. The molecule has 4 nitrogen and oxygen atoms in total. The Morgan fingerprint density at radius 2 is 2.00 bits per heavy atom. The summed E-state index contributed by atoms with van der Waals surface area (Å²) in [5, 5.41) is 9.18. The zero-order valence-corrected chi connectivity index (χ0v) is 16.1. The van der Waals surface area contributed by atoms with Crippen LogP contribution in [0.5, 0.6) is 11.5 Å². The number of hydrazone groups is 1. The standard InChI is InChI=1S/C23H20N2O2S/c1-2-13-26-17-11-9-16(10-12-17)19-15-20-18-6-3-4-7-21(18)27-23(25(20)24-19)22-8-5-14-28-22/h2-12,14,20,23H,1,13,15H2/t20-,23+/m0/s1. The second-order valence-corrected chi connectivity index (χ2v) is 7.77. The van der Waals surface area contributed by atoms with E-state index in [-0.39, 0.29) is 12.3 Å². The van der Waals surface area contributed by atoms with Crippen LogP contribution in [0.2, 0.25) is 0 Å². The molecular weight excluding hydrogens is 368 g/mol. The number of benzene rings is 2. The summed E-state index contributed by atoms with van der Waals surface area (Å²) in [5.41, 5.74) is 3.38. The van der Waals surface area contributed by atoms with Gasteiger partial charge < -0.3 is 9.47 Å². The van der Waals surface area contributed by atoms with Gasteiger partial charge in [-0.25, -0.2) is 5.01 Å². The molecule has 3 heterocycles. The highest BCUT2D eigenvalue weighted by Gasteiger charge is 2.41. The smallest absolute Gasteiger partial charge is 0.222 e. The predicted octanol–water partition coefficient (Wildman–Crippen LogP) is 5.56. The predicted molar refractivity (Wildman–Crippen MR) is 112 cm³/mol. The molecule has 3 aromatic rings. The van der Waals surface area contributed by atoms with E-state index in [1.165, 1.54) is 5.56 Å². The lowest BCUT2D eigenvalue weighted by Crippen LogP contribution is -2.33. The number of ether oxygens (including phenoxy) is 2. The van der Waals surface area contributed by atoms with Crippen LogP contribution >= 0.6 is 11.3 Å². The van der Waals surface area contributed by atoms with E-state index in [9.17, 15) is 0 Å². The van der Waals surface area contributed by atoms with Gasteiger partial charge >= 0.3 is 0 Å². The van der Waals surface area contributed by atoms with Crippen LogP contribution in [0.25, 0.3) is 0 Å². The summed E-state index contributed by atoms with van der Waals surface area (Å²) in [6.45, 7) is 4.19. The van der Waals surface area contributed by atoms with Crippen molar-refractivity contribution in [3.05, 3.63) is 94.7 Å². The molecule has 0 saturated carbocycles. The Labute approximate surface area is 168 Å². The summed E-state index contributed by atoms with van der Waals surface area (Å²) in [6.07, 6.45) is 2.41. The maximum absolute atomic E-state index is 6.34. The van der Waals surface area contributed by atoms with Crippen LogP contribution in [-0.2, 0) is 0 Å². The van der Waals surface area contributed by atoms with Crippen LogP contribution in [0.1, 0.15) is 34.7 Å². The minimum absolute atomic E-state index is 0.184. The lowest BCUT2D eigenvalue weighted by molar-refractivity contribution is -0.0165. The molecule has 0 aliphatic carbocycles. The van der Waals surface area contributed by atoms with Gasteiger partial charge in [-0.2, -0.15) is 5.10 Å². The van der Waals surface area contributed by atoms with Crippen molar-refractivity contribution in [3.8, 4) is 11.5 Å². The molecule has 5 heteroatoms. The van der Waals surface area contributed by atoms with Crippen molar-refractivity contribution in [2.75, 3.05) is 6.61 Å². The van der Waals surface area contributed by atoms with Crippen molar-refractivity contribution < 1.29 is 9.47 Å². The maximum atomic E-state index is 6.34. The first-order valence-corrected chi connectivity index (χ1v) is 10.2. The minimum Gasteiger partial charge on any atom is -0.490 e. The molecule has 0 saturated heterocycles. The molecule has 0 fully saturated rings. The average Bonchev–Trinajstić information content (AvgIpc) is 3.42. The average molecular weight is 388 g/mol. The summed E-state index contributed by atoms with van der Waals surface area (Å²) in [6, 6.07) is 20.8. The van der Waals surface area contributed by atoms with E-state index >= 15 is 0 Å². The maximum Gasteiger partial charge on any atom is 0.222 e. The van der Waals surface area contributed by atoms with E-state index in [1.807, 2.05) is 18.2 Å². The third-order valence-corrected chi connectivity index (χ3v) is 5.94. The van der Waals surface area contributed by atoms with Gasteiger partial charge in [0.2, 0.25) is 6.23 Å². The van der Waals surface area contributed by atoms with Crippen LogP contribution in [0.4, 0.5) is 0 Å².